The molecule has 1 saturated carbocycles. The molecule has 0 aromatic rings. The molecule has 2 atom stereocenters. The molecule has 0 bridgehead atoms. The summed E-state index contributed by atoms with van der Waals surface area (Å²) in [5.41, 5.74) is 0. The number of carboxylic acid groups (broad SMARTS) is 1. The number of carbonyl (C=O) groups excluding carboxylic acids is 1. The van der Waals surface area contributed by atoms with Gasteiger partial charge in [-0.25, -0.2) is 0 Å². The zero-order chi connectivity index (χ0) is 11.0. The standard InChI is InChI=1S/C10H14BrNO3/c11-7-3-9(13)12(5-7)8(4-10(14)15)6-1-2-6/h6-8H,1-5H2,(H,14,15). The minimum absolute atomic E-state index is 0.0717. The van der Waals surface area contributed by atoms with Crippen LogP contribution in [-0.2, 0) is 9.59 Å². The Labute approximate surface area is 96.8 Å². The fraction of sp³-hybridized carbons (Fsp3) is 0.800. The van der Waals surface area contributed by atoms with Gasteiger partial charge in [0, 0.05) is 23.8 Å². The number of halogens is 1. The molecule has 2 unspecified atom stereocenters. The van der Waals surface area contributed by atoms with Gasteiger partial charge in [0.2, 0.25) is 5.91 Å². The molecule has 0 aromatic heterocycles. The summed E-state index contributed by atoms with van der Waals surface area (Å²) in [5.74, 6) is -0.296. The molecule has 84 valence electrons. The number of aliphatic carboxylic acids is 1. The Morgan fingerprint density at radius 1 is 1.60 bits per heavy atom. The number of rotatable bonds is 4. The highest BCUT2D eigenvalue weighted by Gasteiger charge is 2.42. The number of hydrogen-bond donors (Lipinski definition) is 1. The average molecular weight is 276 g/mol. The molecule has 15 heavy (non-hydrogen) atoms. The molecular weight excluding hydrogens is 262 g/mol. The third-order valence-corrected chi connectivity index (χ3v) is 3.67. The van der Waals surface area contributed by atoms with Crippen LogP contribution in [0.2, 0.25) is 0 Å². The molecule has 0 spiro atoms. The summed E-state index contributed by atoms with van der Waals surface area (Å²) in [5, 5.41) is 8.82. The van der Waals surface area contributed by atoms with E-state index in [0.717, 1.165) is 12.8 Å². The van der Waals surface area contributed by atoms with E-state index in [2.05, 4.69) is 15.9 Å². The van der Waals surface area contributed by atoms with Crippen molar-refractivity contribution in [3.63, 3.8) is 0 Å². The van der Waals surface area contributed by atoms with Crippen LogP contribution in [0.25, 0.3) is 0 Å². The summed E-state index contributed by atoms with van der Waals surface area (Å²) < 4.78 is 0. The van der Waals surface area contributed by atoms with Crippen LogP contribution in [0.4, 0.5) is 0 Å². The maximum Gasteiger partial charge on any atom is 0.305 e. The first-order chi connectivity index (χ1) is 7.08. The Hall–Kier alpha value is -0.580. The first-order valence-electron chi connectivity index (χ1n) is 5.23. The van der Waals surface area contributed by atoms with Crippen LogP contribution >= 0.6 is 15.9 Å². The van der Waals surface area contributed by atoms with Crippen molar-refractivity contribution < 1.29 is 14.7 Å². The molecule has 0 aromatic carbocycles. The van der Waals surface area contributed by atoms with Crippen LogP contribution < -0.4 is 0 Å². The van der Waals surface area contributed by atoms with Crippen molar-refractivity contribution in [2.75, 3.05) is 6.54 Å². The van der Waals surface area contributed by atoms with Crippen molar-refractivity contribution in [2.45, 2.75) is 36.6 Å². The molecule has 1 saturated heterocycles. The number of hydrogen-bond acceptors (Lipinski definition) is 2. The van der Waals surface area contributed by atoms with Gasteiger partial charge in [-0.3, -0.25) is 9.59 Å². The van der Waals surface area contributed by atoms with E-state index in [-0.39, 0.29) is 23.2 Å². The number of likely N-dealkylation sites (tertiary alicyclic amines) is 1. The van der Waals surface area contributed by atoms with E-state index < -0.39 is 5.97 Å². The molecular formula is C10H14BrNO3. The summed E-state index contributed by atoms with van der Waals surface area (Å²) in [7, 11) is 0. The Bertz CT molecular complexity index is 290. The fourth-order valence-corrected chi connectivity index (χ4v) is 2.79. The number of nitrogens with zero attached hydrogens (tertiary/aromatic N) is 1. The number of alkyl halides is 1. The first kappa shape index (κ1) is 10.9. The molecule has 0 radical (unpaired) electrons. The second-order valence-corrected chi connectivity index (χ2v) is 5.65. The molecule has 1 aliphatic carbocycles. The van der Waals surface area contributed by atoms with Crippen LogP contribution in [-0.4, -0.2) is 39.3 Å². The smallest absolute Gasteiger partial charge is 0.305 e. The molecule has 2 fully saturated rings. The fourth-order valence-electron chi connectivity index (χ4n) is 2.20. The van der Waals surface area contributed by atoms with Gasteiger partial charge >= 0.3 is 5.97 Å². The third kappa shape index (κ3) is 2.51. The van der Waals surface area contributed by atoms with Gasteiger partial charge in [0.1, 0.15) is 0 Å². The minimum Gasteiger partial charge on any atom is -0.481 e. The van der Waals surface area contributed by atoms with Crippen molar-refractivity contribution in [3.05, 3.63) is 0 Å². The van der Waals surface area contributed by atoms with E-state index in [1.807, 2.05) is 0 Å². The lowest BCUT2D eigenvalue weighted by molar-refractivity contribution is -0.140. The zero-order valence-electron chi connectivity index (χ0n) is 8.36. The summed E-state index contributed by atoms with van der Waals surface area (Å²) >= 11 is 3.41. The van der Waals surface area contributed by atoms with E-state index in [0.29, 0.717) is 18.9 Å². The molecule has 1 aliphatic heterocycles. The van der Waals surface area contributed by atoms with Crippen LogP contribution in [0.5, 0.6) is 0 Å². The topological polar surface area (TPSA) is 57.6 Å². The van der Waals surface area contributed by atoms with E-state index in [1.165, 1.54) is 0 Å². The molecule has 1 amide bonds. The van der Waals surface area contributed by atoms with Gasteiger partial charge in [0.05, 0.1) is 6.42 Å². The van der Waals surface area contributed by atoms with E-state index in [4.69, 9.17) is 5.11 Å². The van der Waals surface area contributed by atoms with Crippen LogP contribution in [0.1, 0.15) is 25.7 Å². The zero-order valence-corrected chi connectivity index (χ0v) is 9.94. The van der Waals surface area contributed by atoms with Gasteiger partial charge in [0.25, 0.3) is 0 Å². The second kappa shape index (κ2) is 4.12. The van der Waals surface area contributed by atoms with Gasteiger partial charge < -0.3 is 10.0 Å². The maximum absolute atomic E-state index is 11.6. The lowest BCUT2D eigenvalue weighted by Crippen LogP contribution is -2.39. The monoisotopic (exact) mass is 275 g/mol. The molecule has 2 aliphatic rings. The Balaban J connectivity index is 2.03. The van der Waals surface area contributed by atoms with E-state index in [9.17, 15) is 9.59 Å². The van der Waals surface area contributed by atoms with Crippen molar-refractivity contribution in [2.24, 2.45) is 5.92 Å². The molecule has 1 heterocycles. The van der Waals surface area contributed by atoms with Crippen molar-refractivity contribution in [1.82, 2.24) is 4.90 Å². The predicted molar refractivity (Wildman–Crippen MR) is 57.8 cm³/mol. The Morgan fingerprint density at radius 3 is 2.67 bits per heavy atom. The quantitative estimate of drug-likeness (QED) is 0.786. The van der Waals surface area contributed by atoms with Gasteiger partial charge in [-0.05, 0) is 18.8 Å². The Kier molecular flexibility index (Phi) is 3.00. The molecule has 4 nitrogen and oxygen atoms in total. The number of carbonyl (C=O) groups is 2. The van der Waals surface area contributed by atoms with E-state index >= 15 is 0 Å². The average Bonchev–Trinajstić information content (AvgIpc) is 2.89. The SMILES string of the molecule is O=C(O)CC(C1CC1)N1CC(Br)CC1=O. The normalized spacial score (nSPS) is 28.2. The van der Waals surface area contributed by atoms with Crippen LogP contribution in [0.15, 0.2) is 0 Å². The van der Waals surface area contributed by atoms with Crippen molar-refractivity contribution >= 4 is 27.8 Å². The van der Waals surface area contributed by atoms with Gasteiger partial charge in [0.15, 0.2) is 0 Å². The van der Waals surface area contributed by atoms with E-state index in [1.54, 1.807) is 4.90 Å². The summed E-state index contributed by atoms with van der Waals surface area (Å²) in [4.78, 5) is 24.3. The minimum atomic E-state index is -0.808. The number of carboxylic acids is 1. The summed E-state index contributed by atoms with van der Waals surface area (Å²) in [6.07, 6.45) is 2.72. The van der Waals surface area contributed by atoms with Crippen LogP contribution in [0.3, 0.4) is 0 Å². The van der Waals surface area contributed by atoms with Crippen molar-refractivity contribution in [1.29, 1.82) is 0 Å². The third-order valence-electron chi connectivity index (χ3n) is 3.06. The lowest BCUT2D eigenvalue weighted by Gasteiger charge is -2.26. The summed E-state index contributed by atoms with van der Waals surface area (Å²) in [6.45, 7) is 0.660. The van der Waals surface area contributed by atoms with Gasteiger partial charge in [-0.1, -0.05) is 15.9 Å². The molecule has 2 rings (SSSR count). The van der Waals surface area contributed by atoms with Gasteiger partial charge in [-0.2, -0.15) is 0 Å². The maximum atomic E-state index is 11.6. The largest absolute Gasteiger partial charge is 0.481 e. The summed E-state index contributed by atoms with van der Waals surface area (Å²) in [6, 6.07) is -0.0717. The molecule has 1 N–H and O–H groups in total. The molecule has 5 heteroatoms. The predicted octanol–water partition coefficient (Wildman–Crippen LogP) is 1.24. The van der Waals surface area contributed by atoms with Crippen molar-refractivity contribution in [3.8, 4) is 0 Å². The highest BCUT2D eigenvalue weighted by molar-refractivity contribution is 9.09. The van der Waals surface area contributed by atoms with Crippen LogP contribution in [0, 0.1) is 5.92 Å². The second-order valence-electron chi connectivity index (χ2n) is 4.35. The Morgan fingerprint density at radius 2 is 2.27 bits per heavy atom. The lowest BCUT2D eigenvalue weighted by atomic mass is 10.1. The number of amides is 1. The van der Waals surface area contributed by atoms with Gasteiger partial charge in [-0.15, -0.1) is 0 Å². The highest BCUT2D eigenvalue weighted by Crippen LogP contribution is 2.39. The first-order valence-corrected chi connectivity index (χ1v) is 6.15. The highest BCUT2D eigenvalue weighted by atomic mass is 79.9.